The summed E-state index contributed by atoms with van der Waals surface area (Å²) in [6.07, 6.45) is 4.96. The van der Waals surface area contributed by atoms with Gasteiger partial charge in [0.25, 0.3) is 5.91 Å². The zero-order chi connectivity index (χ0) is 14.2. The Balaban J connectivity index is 2.13. The molecule has 1 aliphatic carbocycles. The molecule has 1 fully saturated rings. The molecule has 102 valence electrons. The van der Waals surface area contributed by atoms with Crippen molar-refractivity contribution in [3.8, 4) is 0 Å². The van der Waals surface area contributed by atoms with Crippen LogP contribution in [0.3, 0.4) is 0 Å². The molecule has 1 aliphatic heterocycles. The molecule has 2 aliphatic rings. The van der Waals surface area contributed by atoms with Crippen molar-refractivity contribution in [1.82, 2.24) is 10.6 Å². The lowest BCUT2D eigenvalue weighted by Gasteiger charge is -2.29. The molecule has 20 heavy (non-hydrogen) atoms. The third kappa shape index (κ3) is 1.83. The quantitative estimate of drug-likeness (QED) is 0.701. The number of aliphatic hydroxyl groups excluding tert-OH is 1. The lowest BCUT2D eigenvalue weighted by atomic mass is 9.80. The van der Waals surface area contributed by atoms with Gasteiger partial charge in [0.15, 0.2) is 5.54 Å². The van der Waals surface area contributed by atoms with E-state index in [1.54, 1.807) is 30.4 Å². The normalized spacial score (nSPS) is 28.9. The van der Waals surface area contributed by atoms with Crippen LogP contribution in [0.4, 0.5) is 4.79 Å². The molecule has 0 bridgehead atoms. The number of nitrogens with one attached hydrogen (secondary N) is 2. The van der Waals surface area contributed by atoms with Gasteiger partial charge in [0.05, 0.1) is 6.10 Å². The standard InChI is InChI=1S/C15H14N2O3/c18-12-8-6-11(7-9-12)15(10-4-2-1-3-5-10)13(19)16-14(20)17-15/h1-8,12,18H,9H2,(H2,16,17,19,20). The molecular formula is C15H14N2O3. The molecule has 1 aromatic carbocycles. The van der Waals surface area contributed by atoms with Crippen molar-refractivity contribution in [3.63, 3.8) is 0 Å². The van der Waals surface area contributed by atoms with Crippen LogP contribution in [0.25, 0.3) is 0 Å². The summed E-state index contributed by atoms with van der Waals surface area (Å²) in [5.41, 5.74) is 0.141. The van der Waals surface area contributed by atoms with Crippen LogP contribution in [0.2, 0.25) is 0 Å². The van der Waals surface area contributed by atoms with Gasteiger partial charge in [-0.05, 0) is 17.6 Å². The molecule has 3 N–H and O–H groups in total. The molecule has 1 saturated heterocycles. The smallest absolute Gasteiger partial charge is 0.322 e. The highest BCUT2D eigenvalue weighted by Gasteiger charge is 2.50. The lowest BCUT2D eigenvalue weighted by Crippen LogP contribution is -2.45. The van der Waals surface area contributed by atoms with Crippen LogP contribution in [0.15, 0.2) is 54.1 Å². The van der Waals surface area contributed by atoms with Gasteiger partial charge < -0.3 is 10.4 Å². The van der Waals surface area contributed by atoms with Crippen molar-refractivity contribution in [2.45, 2.75) is 18.1 Å². The van der Waals surface area contributed by atoms with E-state index in [-0.39, 0.29) is 0 Å². The van der Waals surface area contributed by atoms with E-state index >= 15 is 0 Å². The first-order valence-electron chi connectivity index (χ1n) is 6.39. The molecule has 2 atom stereocenters. The van der Waals surface area contributed by atoms with Crippen molar-refractivity contribution in [2.75, 3.05) is 0 Å². The fourth-order valence-electron chi connectivity index (χ4n) is 2.60. The topological polar surface area (TPSA) is 78.4 Å². The number of hydrogen-bond acceptors (Lipinski definition) is 3. The Bertz CT molecular complexity index is 621. The molecule has 0 radical (unpaired) electrons. The Kier molecular flexibility index (Phi) is 2.91. The van der Waals surface area contributed by atoms with Crippen LogP contribution in [0, 0.1) is 0 Å². The molecule has 3 rings (SSSR count). The van der Waals surface area contributed by atoms with Gasteiger partial charge in [-0.3, -0.25) is 10.1 Å². The zero-order valence-electron chi connectivity index (χ0n) is 10.7. The maximum atomic E-state index is 12.4. The van der Waals surface area contributed by atoms with Crippen LogP contribution in [-0.2, 0) is 10.3 Å². The highest BCUT2D eigenvalue weighted by Crippen LogP contribution is 2.35. The van der Waals surface area contributed by atoms with E-state index in [0.29, 0.717) is 17.6 Å². The fraction of sp³-hybridized carbons (Fsp3) is 0.200. The van der Waals surface area contributed by atoms with Gasteiger partial charge in [0.1, 0.15) is 0 Å². The number of imide groups is 1. The van der Waals surface area contributed by atoms with Gasteiger partial charge in [-0.25, -0.2) is 4.79 Å². The molecular weight excluding hydrogens is 256 g/mol. The predicted octanol–water partition coefficient (Wildman–Crippen LogP) is 0.969. The van der Waals surface area contributed by atoms with Crippen molar-refractivity contribution in [2.24, 2.45) is 0 Å². The van der Waals surface area contributed by atoms with E-state index in [4.69, 9.17) is 0 Å². The van der Waals surface area contributed by atoms with E-state index in [2.05, 4.69) is 10.6 Å². The van der Waals surface area contributed by atoms with Gasteiger partial charge in [-0.2, -0.15) is 0 Å². The Labute approximate surface area is 116 Å². The van der Waals surface area contributed by atoms with Crippen molar-refractivity contribution >= 4 is 11.9 Å². The van der Waals surface area contributed by atoms with Crippen LogP contribution < -0.4 is 10.6 Å². The maximum Gasteiger partial charge on any atom is 0.322 e. The average Bonchev–Trinajstić information content (AvgIpc) is 2.76. The first kappa shape index (κ1) is 12.6. The van der Waals surface area contributed by atoms with Crippen LogP contribution in [-0.4, -0.2) is 23.1 Å². The summed E-state index contributed by atoms with van der Waals surface area (Å²) in [6.45, 7) is 0. The van der Waals surface area contributed by atoms with Crippen LogP contribution in [0.1, 0.15) is 12.0 Å². The average molecular weight is 270 g/mol. The second-order valence-corrected chi connectivity index (χ2v) is 4.85. The summed E-state index contributed by atoms with van der Waals surface area (Å²) in [6, 6.07) is 8.56. The van der Waals surface area contributed by atoms with Crippen LogP contribution >= 0.6 is 0 Å². The van der Waals surface area contributed by atoms with E-state index < -0.39 is 23.6 Å². The van der Waals surface area contributed by atoms with E-state index in [0.717, 1.165) is 0 Å². The molecule has 0 aromatic heterocycles. The third-order valence-corrected chi connectivity index (χ3v) is 3.59. The number of carbonyl (C=O) groups excluding carboxylic acids is 2. The van der Waals surface area contributed by atoms with Gasteiger partial charge >= 0.3 is 6.03 Å². The van der Waals surface area contributed by atoms with Crippen molar-refractivity contribution in [3.05, 3.63) is 59.7 Å². The van der Waals surface area contributed by atoms with Gasteiger partial charge in [-0.1, -0.05) is 48.6 Å². The molecule has 3 amide bonds. The number of amides is 3. The first-order valence-corrected chi connectivity index (χ1v) is 6.39. The second-order valence-electron chi connectivity index (χ2n) is 4.85. The maximum absolute atomic E-state index is 12.4. The minimum absolute atomic E-state index is 0.402. The summed E-state index contributed by atoms with van der Waals surface area (Å²) >= 11 is 0. The zero-order valence-corrected chi connectivity index (χ0v) is 10.7. The SMILES string of the molecule is O=C1NC(=O)C(C2=CCC(O)C=C2)(c2ccccc2)N1. The van der Waals surface area contributed by atoms with Crippen molar-refractivity contribution < 1.29 is 14.7 Å². The molecule has 5 heteroatoms. The largest absolute Gasteiger partial charge is 0.389 e. The summed E-state index contributed by atoms with van der Waals surface area (Å²) in [5, 5.41) is 14.5. The summed E-state index contributed by atoms with van der Waals surface area (Å²) in [7, 11) is 0. The van der Waals surface area contributed by atoms with Gasteiger partial charge in [0.2, 0.25) is 0 Å². The molecule has 5 nitrogen and oxygen atoms in total. The molecule has 0 saturated carbocycles. The lowest BCUT2D eigenvalue weighted by molar-refractivity contribution is -0.122. The molecule has 2 unspecified atom stereocenters. The van der Waals surface area contributed by atoms with E-state index in [1.165, 1.54) is 0 Å². The van der Waals surface area contributed by atoms with Gasteiger partial charge in [-0.15, -0.1) is 0 Å². The van der Waals surface area contributed by atoms with Crippen LogP contribution in [0.5, 0.6) is 0 Å². The minimum atomic E-state index is -1.21. The number of hydrogen-bond donors (Lipinski definition) is 3. The Hall–Kier alpha value is -2.40. The van der Waals surface area contributed by atoms with Crippen molar-refractivity contribution in [1.29, 1.82) is 0 Å². The number of urea groups is 1. The number of benzene rings is 1. The molecule has 1 heterocycles. The minimum Gasteiger partial charge on any atom is -0.389 e. The number of rotatable bonds is 2. The summed E-state index contributed by atoms with van der Waals surface area (Å²) < 4.78 is 0. The Morgan fingerprint density at radius 3 is 2.50 bits per heavy atom. The predicted molar refractivity (Wildman–Crippen MR) is 72.6 cm³/mol. The molecule has 1 aromatic rings. The monoisotopic (exact) mass is 270 g/mol. The van der Waals surface area contributed by atoms with E-state index in [9.17, 15) is 14.7 Å². The summed E-state index contributed by atoms with van der Waals surface area (Å²) in [4.78, 5) is 24.0. The number of aliphatic hydroxyl groups is 1. The fourth-order valence-corrected chi connectivity index (χ4v) is 2.60. The Morgan fingerprint density at radius 1 is 1.20 bits per heavy atom. The highest BCUT2D eigenvalue weighted by molar-refractivity contribution is 6.09. The van der Waals surface area contributed by atoms with Gasteiger partial charge in [0, 0.05) is 0 Å². The number of carbonyl (C=O) groups is 2. The molecule has 0 spiro atoms. The second kappa shape index (κ2) is 4.61. The van der Waals surface area contributed by atoms with E-state index in [1.807, 2.05) is 18.2 Å². The third-order valence-electron chi connectivity index (χ3n) is 3.59. The highest BCUT2D eigenvalue weighted by atomic mass is 16.3. The Morgan fingerprint density at radius 2 is 1.95 bits per heavy atom. The first-order chi connectivity index (χ1) is 9.63. The summed E-state index contributed by atoms with van der Waals surface area (Å²) in [5.74, 6) is -0.402.